The summed E-state index contributed by atoms with van der Waals surface area (Å²) in [6, 6.07) is 13.5. The monoisotopic (exact) mass is 287 g/mol. The minimum Gasteiger partial charge on any atom is -0.372 e. The molecule has 3 nitrogen and oxygen atoms in total. The molecule has 0 aliphatic rings. The number of nitrogens with zero attached hydrogens (tertiary/aromatic N) is 1. The fourth-order valence-electron chi connectivity index (χ4n) is 2.16. The number of rotatable bonds is 4. The molecule has 21 heavy (non-hydrogen) atoms. The van der Waals surface area contributed by atoms with E-state index in [2.05, 4.69) is 0 Å². The maximum atomic E-state index is 13.0. The summed E-state index contributed by atoms with van der Waals surface area (Å²) in [6.07, 6.45) is -0.283. The Hall–Kier alpha value is -2.20. The first kappa shape index (κ1) is 15.2. The van der Waals surface area contributed by atoms with Crippen molar-refractivity contribution < 1.29 is 13.9 Å². The lowest BCUT2D eigenvalue weighted by Crippen LogP contribution is -2.21. The Balaban J connectivity index is 2.27. The van der Waals surface area contributed by atoms with Crippen LogP contribution in [0.5, 0.6) is 0 Å². The Morgan fingerprint density at radius 2 is 1.48 bits per heavy atom. The third kappa shape index (κ3) is 3.47. The van der Waals surface area contributed by atoms with Gasteiger partial charge in [0.15, 0.2) is 0 Å². The molecular weight excluding hydrogens is 269 g/mol. The van der Waals surface area contributed by atoms with Gasteiger partial charge in [-0.05, 0) is 35.4 Å². The molecule has 0 heterocycles. The van der Waals surface area contributed by atoms with E-state index < -0.39 is 0 Å². The highest BCUT2D eigenvalue weighted by Gasteiger charge is 2.14. The molecule has 1 amide bonds. The highest BCUT2D eigenvalue weighted by atomic mass is 19.1. The molecule has 1 atom stereocenters. The first-order valence-electron chi connectivity index (χ1n) is 6.63. The molecule has 4 heteroatoms. The van der Waals surface area contributed by atoms with Crippen LogP contribution >= 0.6 is 0 Å². The first-order chi connectivity index (χ1) is 10.0. The molecule has 0 aliphatic carbocycles. The lowest BCUT2D eigenvalue weighted by atomic mass is 10.00. The average Bonchev–Trinajstić information content (AvgIpc) is 2.50. The van der Waals surface area contributed by atoms with Crippen LogP contribution in [0.15, 0.2) is 48.5 Å². The van der Waals surface area contributed by atoms with Crippen molar-refractivity contribution >= 4 is 5.91 Å². The van der Waals surface area contributed by atoms with Gasteiger partial charge in [0, 0.05) is 26.8 Å². The summed E-state index contributed by atoms with van der Waals surface area (Å²) in [5.74, 6) is -0.321. The number of hydrogen-bond acceptors (Lipinski definition) is 2. The molecule has 0 saturated carbocycles. The number of ether oxygens (including phenoxy) is 1. The highest BCUT2D eigenvalue weighted by Crippen LogP contribution is 2.25. The van der Waals surface area contributed by atoms with Gasteiger partial charge in [-0.2, -0.15) is 0 Å². The second-order valence-corrected chi connectivity index (χ2v) is 4.99. The van der Waals surface area contributed by atoms with Gasteiger partial charge < -0.3 is 9.64 Å². The van der Waals surface area contributed by atoms with Crippen LogP contribution in [0, 0.1) is 5.82 Å². The topological polar surface area (TPSA) is 29.5 Å². The predicted molar refractivity (Wildman–Crippen MR) is 79.7 cm³/mol. The molecule has 0 radical (unpaired) electrons. The van der Waals surface area contributed by atoms with Gasteiger partial charge in [-0.1, -0.05) is 24.3 Å². The summed E-state index contributed by atoms with van der Waals surface area (Å²) < 4.78 is 18.5. The summed E-state index contributed by atoms with van der Waals surface area (Å²) in [5, 5.41) is 0. The first-order valence-corrected chi connectivity index (χ1v) is 6.63. The Bertz CT molecular complexity index is 606. The van der Waals surface area contributed by atoms with Crippen molar-refractivity contribution in [3.8, 4) is 0 Å². The minimum atomic E-state index is -0.283. The van der Waals surface area contributed by atoms with E-state index in [-0.39, 0.29) is 17.8 Å². The van der Waals surface area contributed by atoms with E-state index in [1.54, 1.807) is 45.5 Å². The largest absolute Gasteiger partial charge is 0.372 e. The normalized spacial score (nSPS) is 12.0. The number of carbonyl (C=O) groups is 1. The van der Waals surface area contributed by atoms with E-state index in [0.717, 1.165) is 11.1 Å². The van der Waals surface area contributed by atoms with Crippen LogP contribution in [0.25, 0.3) is 0 Å². The van der Waals surface area contributed by atoms with Crippen LogP contribution in [-0.2, 0) is 4.74 Å². The maximum absolute atomic E-state index is 13.0. The molecular formula is C17H18FNO2. The quantitative estimate of drug-likeness (QED) is 0.864. The van der Waals surface area contributed by atoms with Crippen LogP contribution in [0.3, 0.4) is 0 Å². The third-order valence-corrected chi connectivity index (χ3v) is 3.28. The molecule has 2 aromatic carbocycles. The molecule has 0 N–H and O–H groups in total. The van der Waals surface area contributed by atoms with Crippen molar-refractivity contribution in [1.82, 2.24) is 4.90 Å². The summed E-state index contributed by atoms with van der Waals surface area (Å²) in [4.78, 5) is 13.4. The van der Waals surface area contributed by atoms with E-state index in [1.165, 1.54) is 17.0 Å². The van der Waals surface area contributed by atoms with Gasteiger partial charge in [-0.15, -0.1) is 0 Å². The van der Waals surface area contributed by atoms with Crippen molar-refractivity contribution in [3.63, 3.8) is 0 Å². The number of halogens is 1. The van der Waals surface area contributed by atoms with Gasteiger partial charge in [-0.25, -0.2) is 4.39 Å². The van der Waals surface area contributed by atoms with Gasteiger partial charge in [0.1, 0.15) is 11.9 Å². The minimum absolute atomic E-state index is 0.0442. The van der Waals surface area contributed by atoms with Crippen molar-refractivity contribution in [2.75, 3.05) is 21.2 Å². The lowest BCUT2D eigenvalue weighted by molar-refractivity contribution is 0.0827. The van der Waals surface area contributed by atoms with E-state index >= 15 is 0 Å². The molecule has 0 bridgehead atoms. The zero-order valence-corrected chi connectivity index (χ0v) is 12.3. The van der Waals surface area contributed by atoms with Crippen molar-refractivity contribution in [2.24, 2.45) is 0 Å². The van der Waals surface area contributed by atoms with Gasteiger partial charge in [0.2, 0.25) is 0 Å². The number of benzene rings is 2. The summed E-state index contributed by atoms with van der Waals surface area (Å²) in [7, 11) is 5.03. The Morgan fingerprint density at radius 1 is 1.00 bits per heavy atom. The van der Waals surface area contributed by atoms with Crippen LogP contribution < -0.4 is 0 Å². The van der Waals surface area contributed by atoms with Crippen molar-refractivity contribution in [1.29, 1.82) is 0 Å². The third-order valence-electron chi connectivity index (χ3n) is 3.28. The van der Waals surface area contributed by atoms with Crippen LogP contribution in [0.2, 0.25) is 0 Å². The Labute approximate surface area is 124 Å². The molecule has 2 aromatic rings. The van der Waals surface area contributed by atoms with E-state index in [0.29, 0.717) is 5.56 Å². The molecule has 0 saturated heterocycles. The Morgan fingerprint density at radius 3 is 1.90 bits per heavy atom. The van der Waals surface area contributed by atoms with Gasteiger partial charge >= 0.3 is 0 Å². The molecule has 2 rings (SSSR count). The molecule has 0 spiro atoms. The predicted octanol–water partition coefficient (Wildman–Crippen LogP) is 3.26. The van der Waals surface area contributed by atoms with E-state index in [1.807, 2.05) is 12.1 Å². The van der Waals surface area contributed by atoms with Crippen LogP contribution in [0.4, 0.5) is 4.39 Å². The molecule has 0 fully saturated rings. The zero-order valence-electron chi connectivity index (χ0n) is 12.3. The van der Waals surface area contributed by atoms with Crippen molar-refractivity contribution in [2.45, 2.75) is 6.10 Å². The van der Waals surface area contributed by atoms with Crippen LogP contribution in [0.1, 0.15) is 27.6 Å². The van der Waals surface area contributed by atoms with Crippen LogP contribution in [-0.4, -0.2) is 32.0 Å². The highest BCUT2D eigenvalue weighted by molar-refractivity contribution is 5.93. The number of amides is 1. The van der Waals surface area contributed by atoms with Crippen molar-refractivity contribution in [3.05, 3.63) is 71.0 Å². The summed E-state index contributed by atoms with van der Waals surface area (Å²) >= 11 is 0. The SMILES string of the molecule is COC(c1ccc(F)cc1)c1ccc(C(=O)N(C)C)cc1. The summed E-state index contributed by atoms with van der Waals surface area (Å²) in [5.41, 5.74) is 2.41. The standard InChI is InChI=1S/C17H18FNO2/c1-19(2)17(20)14-6-4-12(5-7-14)16(21-3)13-8-10-15(18)11-9-13/h4-11,16H,1-3H3. The smallest absolute Gasteiger partial charge is 0.253 e. The lowest BCUT2D eigenvalue weighted by Gasteiger charge is -2.17. The maximum Gasteiger partial charge on any atom is 0.253 e. The fourth-order valence-corrected chi connectivity index (χ4v) is 2.16. The van der Waals surface area contributed by atoms with E-state index in [4.69, 9.17) is 4.74 Å². The second-order valence-electron chi connectivity index (χ2n) is 4.99. The molecule has 0 aromatic heterocycles. The zero-order chi connectivity index (χ0) is 15.4. The fraction of sp³-hybridized carbons (Fsp3) is 0.235. The second kappa shape index (κ2) is 6.50. The van der Waals surface area contributed by atoms with E-state index in [9.17, 15) is 9.18 Å². The number of methoxy groups -OCH3 is 1. The average molecular weight is 287 g/mol. The van der Waals surface area contributed by atoms with Gasteiger partial charge in [-0.3, -0.25) is 4.79 Å². The molecule has 110 valence electrons. The summed E-state index contributed by atoms with van der Waals surface area (Å²) in [6.45, 7) is 0. The molecule has 0 aliphatic heterocycles. The molecule has 1 unspecified atom stereocenters. The van der Waals surface area contributed by atoms with Gasteiger partial charge in [0.05, 0.1) is 0 Å². The van der Waals surface area contributed by atoms with Gasteiger partial charge in [0.25, 0.3) is 5.91 Å². The number of carbonyl (C=O) groups excluding carboxylic acids is 1. The number of hydrogen-bond donors (Lipinski definition) is 0. The Kier molecular flexibility index (Phi) is 4.70.